The molecule has 4 fully saturated rings. The minimum Gasteiger partial charge on any atom is -0.465 e. The predicted molar refractivity (Wildman–Crippen MR) is 119 cm³/mol. The number of ether oxygens (including phenoxy) is 1. The highest BCUT2D eigenvalue weighted by Crippen LogP contribution is 2.65. The Hall–Kier alpha value is -2.96. The number of rotatable bonds is 4. The van der Waals surface area contributed by atoms with Gasteiger partial charge in [-0.05, 0) is 80.0 Å². The molecule has 2 bridgehead atoms. The van der Waals surface area contributed by atoms with Crippen LogP contribution in [0.25, 0.3) is 0 Å². The zero-order chi connectivity index (χ0) is 22.9. The summed E-state index contributed by atoms with van der Waals surface area (Å²) in [5.41, 5.74) is 1.06. The number of hydrogen-bond acceptors (Lipinski definition) is 5. The molecule has 1 aromatic rings. The number of allylic oxidation sites excluding steroid dienone is 2. The summed E-state index contributed by atoms with van der Waals surface area (Å²) in [5, 5.41) is 2.92. The Bertz CT molecular complexity index is 1020. The summed E-state index contributed by atoms with van der Waals surface area (Å²) in [5.74, 6) is 0.864. The monoisotopic (exact) mass is 448 g/mol. The molecule has 1 saturated heterocycles. The number of carbonyl (C=O) groups excluding carboxylic acids is 4. The largest absolute Gasteiger partial charge is 0.465 e. The quantitative estimate of drug-likeness (QED) is 0.434. The normalized spacial score (nSPS) is 38.0. The first-order valence-electron chi connectivity index (χ1n) is 12.0. The number of esters is 1. The molecule has 1 N–H and O–H groups in total. The van der Waals surface area contributed by atoms with Gasteiger partial charge in [0.2, 0.25) is 17.7 Å². The van der Waals surface area contributed by atoms with Crippen molar-refractivity contribution in [1.82, 2.24) is 4.90 Å². The summed E-state index contributed by atoms with van der Waals surface area (Å²) < 4.78 is 4.69. The number of amides is 3. The average molecular weight is 449 g/mol. The van der Waals surface area contributed by atoms with Crippen LogP contribution in [0.5, 0.6) is 0 Å². The molecule has 6 aliphatic rings. The Morgan fingerprint density at radius 2 is 1.48 bits per heavy atom. The number of carbonyl (C=O) groups is 4. The van der Waals surface area contributed by atoms with Crippen LogP contribution in [0.4, 0.5) is 5.69 Å². The van der Waals surface area contributed by atoms with Gasteiger partial charge >= 0.3 is 5.97 Å². The van der Waals surface area contributed by atoms with Crippen LogP contribution in [0.2, 0.25) is 0 Å². The fraction of sp³-hybridized carbons (Fsp3) is 0.538. The van der Waals surface area contributed by atoms with Gasteiger partial charge in [0.05, 0.1) is 24.5 Å². The van der Waals surface area contributed by atoms with E-state index in [9.17, 15) is 19.2 Å². The van der Waals surface area contributed by atoms with Crippen LogP contribution >= 0.6 is 0 Å². The van der Waals surface area contributed by atoms with E-state index in [-0.39, 0.29) is 53.4 Å². The molecule has 1 aliphatic heterocycles. The van der Waals surface area contributed by atoms with Crippen molar-refractivity contribution in [2.45, 2.75) is 38.1 Å². The van der Waals surface area contributed by atoms with E-state index in [0.29, 0.717) is 48.8 Å². The second kappa shape index (κ2) is 7.54. The van der Waals surface area contributed by atoms with E-state index in [0.717, 1.165) is 0 Å². The molecular formula is C26H28N2O5. The molecule has 3 amide bonds. The maximum atomic E-state index is 13.3. The van der Waals surface area contributed by atoms with Crippen molar-refractivity contribution in [2.75, 3.05) is 12.4 Å². The van der Waals surface area contributed by atoms with Crippen molar-refractivity contribution >= 4 is 29.4 Å². The van der Waals surface area contributed by atoms with Gasteiger partial charge in [-0.25, -0.2) is 4.79 Å². The summed E-state index contributed by atoms with van der Waals surface area (Å²) in [6, 6.07) is 6.52. The first kappa shape index (κ1) is 20.6. The number of nitrogens with one attached hydrogen (secondary N) is 1. The van der Waals surface area contributed by atoms with Gasteiger partial charge in [0.25, 0.3) is 0 Å². The molecule has 3 saturated carbocycles. The third-order valence-electron chi connectivity index (χ3n) is 8.70. The van der Waals surface area contributed by atoms with Gasteiger partial charge in [0.15, 0.2) is 0 Å². The summed E-state index contributed by atoms with van der Waals surface area (Å²) in [6.07, 6.45) is 8.22. The summed E-state index contributed by atoms with van der Waals surface area (Å²) in [4.78, 5) is 52.6. The second-order valence-corrected chi connectivity index (χ2v) is 10.3. The number of hydrogen-bond donors (Lipinski definition) is 1. The Morgan fingerprint density at radius 1 is 0.909 bits per heavy atom. The number of nitrogens with zero attached hydrogens (tertiary/aromatic N) is 1. The van der Waals surface area contributed by atoms with Crippen molar-refractivity contribution in [3.8, 4) is 0 Å². The zero-order valence-electron chi connectivity index (χ0n) is 18.6. The highest BCUT2D eigenvalue weighted by molar-refractivity contribution is 6.06. The van der Waals surface area contributed by atoms with Crippen molar-refractivity contribution < 1.29 is 23.9 Å². The van der Waals surface area contributed by atoms with Crippen LogP contribution in [-0.2, 0) is 19.1 Å². The molecule has 5 aliphatic carbocycles. The van der Waals surface area contributed by atoms with Crippen molar-refractivity contribution in [2.24, 2.45) is 41.4 Å². The number of benzene rings is 1. The van der Waals surface area contributed by atoms with Gasteiger partial charge in [-0.3, -0.25) is 19.3 Å². The van der Waals surface area contributed by atoms with Crippen LogP contribution < -0.4 is 5.32 Å². The number of imide groups is 1. The molecule has 172 valence electrons. The number of likely N-dealkylation sites (tertiary alicyclic amines) is 1. The van der Waals surface area contributed by atoms with E-state index in [2.05, 4.69) is 17.5 Å². The van der Waals surface area contributed by atoms with E-state index < -0.39 is 5.97 Å². The lowest BCUT2D eigenvalue weighted by atomic mass is 9.63. The first-order chi connectivity index (χ1) is 16.0. The number of anilines is 1. The van der Waals surface area contributed by atoms with Gasteiger partial charge in [-0.15, -0.1) is 0 Å². The Morgan fingerprint density at radius 3 is 2.03 bits per heavy atom. The minimum absolute atomic E-state index is 0.0355. The Labute approximate surface area is 192 Å². The third kappa shape index (κ3) is 3.15. The van der Waals surface area contributed by atoms with Crippen molar-refractivity contribution in [3.63, 3.8) is 0 Å². The fourth-order valence-electron chi connectivity index (χ4n) is 6.99. The summed E-state index contributed by atoms with van der Waals surface area (Å²) in [6.45, 7) is 0. The van der Waals surface area contributed by atoms with E-state index in [4.69, 9.17) is 4.74 Å². The SMILES string of the molecule is COC(=O)c1ccc(NC(=O)C2CCC(N3C(=O)[C@@H]4[C@H]5C=C[C@@H]([C@@H]6C[C@H]56)[C@@H]4C3=O)CC2)cc1. The third-order valence-corrected chi connectivity index (χ3v) is 8.70. The molecule has 7 heteroatoms. The summed E-state index contributed by atoms with van der Waals surface area (Å²) >= 11 is 0. The smallest absolute Gasteiger partial charge is 0.337 e. The molecule has 33 heavy (non-hydrogen) atoms. The topological polar surface area (TPSA) is 92.8 Å². The van der Waals surface area contributed by atoms with Crippen LogP contribution in [-0.4, -0.2) is 41.7 Å². The molecule has 7 rings (SSSR count). The van der Waals surface area contributed by atoms with Gasteiger partial charge in [0, 0.05) is 17.6 Å². The molecule has 0 radical (unpaired) electrons. The molecule has 0 spiro atoms. The molecule has 6 atom stereocenters. The van der Waals surface area contributed by atoms with Gasteiger partial charge in [-0.1, -0.05) is 12.2 Å². The summed E-state index contributed by atoms with van der Waals surface area (Å²) in [7, 11) is 1.33. The van der Waals surface area contributed by atoms with E-state index >= 15 is 0 Å². The molecule has 0 aromatic heterocycles. The standard InChI is InChI=1S/C26H28N2O5/c1-33-26(32)14-2-6-15(7-3-14)27-23(29)13-4-8-16(9-5-13)28-24(30)21-17-10-11-18(20-12-19(17)20)22(21)25(28)31/h2-3,6-7,10-11,13,16-22H,4-5,8-9,12H2,1H3,(H,27,29)/t13?,16?,17-,18-,19-,20+,21-,22+/m0/s1. The average Bonchev–Trinajstić information content (AvgIpc) is 3.62. The first-order valence-corrected chi connectivity index (χ1v) is 12.0. The Balaban J connectivity index is 1.07. The van der Waals surface area contributed by atoms with E-state index in [1.807, 2.05) is 0 Å². The lowest BCUT2D eigenvalue weighted by molar-refractivity contribution is -0.144. The fourth-order valence-corrected chi connectivity index (χ4v) is 6.99. The van der Waals surface area contributed by atoms with Crippen molar-refractivity contribution in [1.29, 1.82) is 0 Å². The molecule has 0 unspecified atom stereocenters. The van der Waals surface area contributed by atoms with Crippen LogP contribution in [0, 0.1) is 41.4 Å². The highest BCUT2D eigenvalue weighted by Gasteiger charge is 2.67. The highest BCUT2D eigenvalue weighted by atomic mass is 16.5. The van der Waals surface area contributed by atoms with Gasteiger partial charge in [0.1, 0.15) is 0 Å². The Kier molecular flexibility index (Phi) is 4.71. The maximum absolute atomic E-state index is 13.3. The molecule has 7 nitrogen and oxygen atoms in total. The molecule has 1 heterocycles. The maximum Gasteiger partial charge on any atom is 0.337 e. The van der Waals surface area contributed by atoms with Crippen LogP contribution in [0.3, 0.4) is 0 Å². The van der Waals surface area contributed by atoms with Crippen molar-refractivity contribution in [3.05, 3.63) is 42.0 Å². The number of methoxy groups -OCH3 is 1. The minimum atomic E-state index is -0.419. The second-order valence-electron chi connectivity index (χ2n) is 10.3. The van der Waals surface area contributed by atoms with Crippen LogP contribution in [0.15, 0.2) is 36.4 Å². The van der Waals surface area contributed by atoms with Crippen LogP contribution in [0.1, 0.15) is 42.5 Å². The van der Waals surface area contributed by atoms with E-state index in [1.54, 1.807) is 29.2 Å². The molecule has 1 aromatic carbocycles. The lowest BCUT2D eigenvalue weighted by Crippen LogP contribution is -2.44. The predicted octanol–water partition coefficient (Wildman–Crippen LogP) is 3.02. The van der Waals surface area contributed by atoms with Gasteiger partial charge < -0.3 is 10.1 Å². The van der Waals surface area contributed by atoms with E-state index in [1.165, 1.54) is 13.5 Å². The lowest BCUT2D eigenvalue weighted by Gasteiger charge is -2.37. The van der Waals surface area contributed by atoms with Gasteiger partial charge in [-0.2, -0.15) is 0 Å². The zero-order valence-corrected chi connectivity index (χ0v) is 18.6. The molecular weight excluding hydrogens is 420 g/mol.